The van der Waals surface area contributed by atoms with Gasteiger partial charge in [0.05, 0.1) is 5.69 Å². The quantitative estimate of drug-likeness (QED) is 0.665. The minimum absolute atomic E-state index is 0.0558. The summed E-state index contributed by atoms with van der Waals surface area (Å²) in [4.78, 5) is 14.2. The number of nitrogens with one attached hydrogen (secondary N) is 1. The third-order valence-corrected chi connectivity index (χ3v) is 1.53. The van der Waals surface area contributed by atoms with Crippen molar-refractivity contribution in [1.29, 1.82) is 0 Å². The van der Waals surface area contributed by atoms with E-state index in [-0.39, 0.29) is 18.1 Å². The number of halogens is 1. The Hall–Kier alpha value is -1.85. The Morgan fingerprint density at radius 2 is 2.36 bits per heavy atom. The lowest BCUT2D eigenvalue weighted by molar-refractivity contribution is 0.0690. The molecular weight excluding hydrogens is 189 g/mol. The number of aromatic nitrogens is 1. The first-order chi connectivity index (χ1) is 6.65. The van der Waals surface area contributed by atoms with E-state index >= 15 is 0 Å². The number of nitrogens with two attached hydrogens (primary N) is 1. The third kappa shape index (κ3) is 2.32. The molecule has 1 rings (SSSR count). The molecule has 0 saturated carbocycles. The normalized spacial score (nSPS) is 9.79. The van der Waals surface area contributed by atoms with Crippen LogP contribution in [0.15, 0.2) is 12.1 Å². The van der Waals surface area contributed by atoms with Gasteiger partial charge in [0.2, 0.25) is 0 Å². The van der Waals surface area contributed by atoms with Gasteiger partial charge in [-0.3, -0.25) is 0 Å². The van der Waals surface area contributed by atoms with Crippen molar-refractivity contribution in [3.8, 4) is 0 Å². The number of hydrogen-bond acceptors (Lipinski definition) is 4. The highest BCUT2D eigenvalue weighted by molar-refractivity contribution is 5.86. The molecule has 1 aromatic rings. The minimum Gasteiger partial charge on any atom is -0.477 e. The number of pyridine rings is 1. The van der Waals surface area contributed by atoms with Crippen LogP contribution in [-0.4, -0.2) is 29.3 Å². The van der Waals surface area contributed by atoms with Gasteiger partial charge in [-0.15, -0.1) is 0 Å². The highest BCUT2D eigenvalue weighted by atomic mass is 19.1. The number of nitrogens with zero attached hydrogens (tertiary/aromatic N) is 1. The molecule has 0 fully saturated rings. The Morgan fingerprint density at radius 3 is 2.93 bits per heavy atom. The van der Waals surface area contributed by atoms with Gasteiger partial charge in [-0.2, -0.15) is 0 Å². The maximum absolute atomic E-state index is 11.8. The number of carbonyl (C=O) groups is 1. The molecule has 0 spiro atoms. The van der Waals surface area contributed by atoms with E-state index in [2.05, 4.69) is 10.3 Å². The molecule has 1 heterocycles. The maximum Gasteiger partial charge on any atom is 0.354 e. The standard InChI is InChI=1S/C8H10FN3O2/c9-3-4-11-7-5(10)1-2-6(12-7)8(13)14/h1-2H,3-4,10H2,(H,11,12)(H,13,14). The van der Waals surface area contributed by atoms with E-state index in [4.69, 9.17) is 10.8 Å². The van der Waals surface area contributed by atoms with E-state index in [0.717, 1.165) is 0 Å². The zero-order valence-electron chi connectivity index (χ0n) is 7.33. The summed E-state index contributed by atoms with van der Waals surface area (Å²) in [6.07, 6.45) is 0. The van der Waals surface area contributed by atoms with Crippen molar-refractivity contribution in [3.05, 3.63) is 17.8 Å². The fourth-order valence-corrected chi connectivity index (χ4v) is 0.896. The van der Waals surface area contributed by atoms with Crippen LogP contribution in [0.2, 0.25) is 0 Å². The van der Waals surface area contributed by atoms with Crippen LogP contribution in [0.5, 0.6) is 0 Å². The number of nitrogen functional groups attached to an aromatic ring is 1. The predicted molar refractivity (Wildman–Crippen MR) is 50.1 cm³/mol. The van der Waals surface area contributed by atoms with Crippen LogP contribution in [0.3, 0.4) is 0 Å². The Morgan fingerprint density at radius 1 is 1.64 bits per heavy atom. The van der Waals surface area contributed by atoms with Crippen LogP contribution in [0.4, 0.5) is 15.9 Å². The lowest BCUT2D eigenvalue weighted by Gasteiger charge is -2.06. The van der Waals surface area contributed by atoms with E-state index < -0.39 is 12.6 Å². The topological polar surface area (TPSA) is 88.2 Å². The lowest BCUT2D eigenvalue weighted by atomic mass is 10.3. The summed E-state index contributed by atoms with van der Waals surface area (Å²) < 4.78 is 11.8. The van der Waals surface area contributed by atoms with Gasteiger partial charge in [0.1, 0.15) is 12.5 Å². The molecule has 0 aliphatic carbocycles. The fourth-order valence-electron chi connectivity index (χ4n) is 0.896. The second kappa shape index (κ2) is 4.40. The van der Waals surface area contributed by atoms with E-state index in [1.165, 1.54) is 12.1 Å². The molecule has 0 aliphatic heterocycles. The summed E-state index contributed by atoms with van der Waals surface area (Å²) in [5, 5.41) is 11.2. The van der Waals surface area contributed by atoms with Gasteiger partial charge in [-0.1, -0.05) is 0 Å². The summed E-state index contributed by atoms with van der Waals surface area (Å²) in [6, 6.07) is 2.70. The molecule has 0 radical (unpaired) electrons. The number of alkyl halides is 1. The molecule has 6 heteroatoms. The van der Waals surface area contributed by atoms with Gasteiger partial charge in [0, 0.05) is 6.54 Å². The highest BCUT2D eigenvalue weighted by Gasteiger charge is 2.07. The van der Waals surface area contributed by atoms with Crippen LogP contribution >= 0.6 is 0 Å². The molecule has 5 nitrogen and oxygen atoms in total. The molecule has 4 N–H and O–H groups in total. The van der Waals surface area contributed by atoms with E-state index in [1.807, 2.05) is 0 Å². The third-order valence-electron chi connectivity index (χ3n) is 1.53. The number of anilines is 2. The Balaban J connectivity index is 2.90. The average molecular weight is 199 g/mol. The van der Waals surface area contributed by atoms with Crippen molar-refractivity contribution in [2.45, 2.75) is 0 Å². The molecule has 0 bridgehead atoms. The molecule has 0 unspecified atom stereocenters. The first-order valence-electron chi connectivity index (χ1n) is 3.95. The van der Waals surface area contributed by atoms with Crippen LogP contribution in [-0.2, 0) is 0 Å². The number of rotatable bonds is 4. The van der Waals surface area contributed by atoms with Crippen molar-refractivity contribution < 1.29 is 14.3 Å². The summed E-state index contributed by atoms with van der Waals surface area (Å²) in [5.74, 6) is -0.948. The summed E-state index contributed by atoms with van der Waals surface area (Å²) in [5.41, 5.74) is 5.66. The van der Waals surface area contributed by atoms with Crippen molar-refractivity contribution >= 4 is 17.5 Å². The van der Waals surface area contributed by atoms with E-state index in [9.17, 15) is 9.18 Å². The second-order valence-electron chi connectivity index (χ2n) is 2.56. The first-order valence-corrected chi connectivity index (χ1v) is 3.95. The van der Waals surface area contributed by atoms with Crippen LogP contribution in [0.25, 0.3) is 0 Å². The van der Waals surface area contributed by atoms with Gasteiger partial charge in [0.25, 0.3) is 0 Å². The molecule has 0 aliphatic rings. The SMILES string of the molecule is Nc1ccc(C(=O)O)nc1NCCF. The monoisotopic (exact) mass is 199 g/mol. The summed E-state index contributed by atoms with van der Waals surface area (Å²) in [7, 11) is 0. The van der Waals surface area contributed by atoms with Crippen LogP contribution < -0.4 is 11.1 Å². The molecular formula is C8H10FN3O2. The molecule has 0 amide bonds. The maximum atomic E-state index is 11.8. The number of carboxylic acid groups (broad SMARTS) is 1. The van der Waals surface area contributed by atoms with Crippen molar-refractivity contribution in [2.24, 2.45) is 0 Å². The largest absolute Gasteiger partial charge is 0.477 e. The van der Waals surface area contributed by atoms with Crippen LogP contribution in [0.1, 0.15) is 10.5 Å². The zero-order valence-corrected chi connectivity index (χ0v) is 7.33. The van der Waals surface area contributed by atoms with Crippen molar-refractivity contribution in [2.75, 3.05) is 24.3 Å². The smallest absolute Gasteiger partial charge is 0.354 e. The van der Waals surface area contributed by atoms with Gasteiger partial charge >= 0.3 is 5.97 Å². The fraction of sp³-hybridized carbons (Fsp3) is 0.250. The molecule has 0 saturated heterocycles. The number of hydrogen-bond donors (Lipinski definition) is 3. The van der Waals surface area contributed by atoms with Crippen molar-refractivity contribution in [1.82, 2.24) is 4.98 Å². The van der Waals surface area contributed by atoms with Crippen molar-refractivity contribution in [3.63, 3.8) is 0 Å². The minimum atomic E-state index is -1.15. The molecule has 0 atom stereocenters. The Labute approximate surface area is 79.8 Å². The lowest BCUT2D eigenvalue weighted by Crippen LogP contribution is -2.10. The predicted octanol–water partition coefficient (Wildman–Crippen LogP) is 0.743. The van der Waals surface area contributed by atoms with Gasteiger partial charge < -0.3 is 16.2 Å². The average Bonchev–Trinajstić information content (AvgIpc) is 2.16. The highest BCUT2D eigenvalue weighted by Crippen LogP contribution is 2.15. The van der Waals surface area contributed by atoms with Gasteiger partial charge in [0.15, 0.2) is 5.69 Å². The molecule has 14 heavy (non-hydrogen) atoms. The zero-order chi connectivity index (χ0) is 10.6. The van der Waals surface area contributed by atoms with Crippen LogP contribution in [0, 0.1) is 0 Å². The summed E-state index contributed by atoms with van der Waals surface area (Å²) >= 11 is 0. The molecule has 76 valence electrons. The number of aromatic carboxylic acids is 1. The molecule has 1 aromatic heterocycles. The first kappa shape index (κ1) is 10.2. The Bertz CT molecular complexity index is 343. The van der Waals surface area contributed by atoms with E-state index in [0.29, 0.717) is 5.69 Å². The van der Waals surface area contributed by atoms with Gasteiger partial charge in [-0.25, -0.2) is 14.2 Å². The molecule has 0 aromatic carbocycles. The van der Waals surface area contributed by atoms with E-state index in [1.54, 1.807) is 0 Å². The second-order valence-corrected chi connectivity index (χ2v) is 2.56. The van der Waals surface area contributed by atoms with Gasteiger partial charge in [-0.05, 0) is 12.1 Å². The number of carboxylic acids is 1. The summed E-state index contributed by atoms with van der Waals surface area (Å²) in [6.45, 7) is -0.515. The Kier molecular flexibility index (Phi) is 3.22.